The van der Waals surface area contributed by atoms with E-state index in [0.29, 0.717) is 16.0 Å². The minimum atomic E-state index is -0.258. The van der Waals surface area contributed by atoms with Gasteiger partial charge in [-0.3, -0.25) is 0 Å². The summed E-state index contributed by atoms with van der Waals surface area (Å²) in [4.78, 5) is 0. The number of hydrogen-bond donors (Lipinski definition) is 1. The van der Waals surface area contributed by atoms with Crippen molar-refractivity contribution in [2.75, 3.05) is 6.54 Å². The molecule has 0 aliphatic heterocycles. The number of rotatable bonds is 4. The van der Waals surface area contributed by atoms with E-state index < -0.39 is 0 Å². The minimum absolute atomic E-state index is 0.150. The Balaban J connectivity index is 2.48. The van der Waals surface area contributed by atoms with E-state index in [1.54, 1.807) is 0 Å². The van der Waals surface area contributed by atoms with Gasteiger partial charge >= 0.3 is 0 Å². The standard InChI is InChI=1S/C14H17BrFNO/c1-4-17-13(8(2)3)12-6-9-5-10(16)7-11(15)14(9)18-12/h5-8,13,17H,4H2,1-3H3. The monoisotopic (exact) mass is 313 g/mol. The van der Waals surface area contributed by atoms with Crippen molar-refractivity contribution >= 4 is 26.9 Å². The topological polar surface area (TPSA) is 25.2 Å². The number of benzene rings is 1. The first kappa shape index (κ1) is 13.6. The normalized spacial score (nSPS) is 13.4. The van der Waals surface area contributed by atoms with Crippen LogP contribution in [0.4, 0.5) is 4.39 Å². The highest BCUT2D eigenvalue weighted by molar-refractivity contribution is 9.10. The molecule has 0 saturated carbocycles. The second-order valence-electron chi connectivity index (χ2n) is 4.73. The summed E-state index contributed by atoms with van der Waals surface area (Å²) in [5.41, 5.74) is 0.704. The lowest BCUT2D eigenvalue weighted by molar-refractivity contribution is 0.356. The summed E-state index contributed by atoms with van der Waals surface area (Å²) in [6.45, 7) is 7.20. The van der Waals surface area contributed by atoms with Crippen LogP contribution in [0.5, 0.6) is 0 Å². The zero-order valence-electron chi connectivity index (χ0n) is 10.8. The smallest absolute Gasteiger partial charge is 0.148 e. The highest BCUT2D eigenvalue weighted by Gasteiger charge is 2.20. The van der Waals surface area contributed by atoms with Gasteiger partial charge in [0.2, 0.25) is 0 Å². The second kappa shape index (κ2) is 5.41. The molecule has 18 heavy (non-hydrogen) atoms. The Bertz CT molecular complexity index is 550. The summed E-state index contributed by atoms with van der Waals surface area (Å²) in [6.07, 6.45) is 0. The molecule has 0 aliphatic carbocycles. The SMILES string of the molecule is CCNC(c1cc2cc(F)cc(Br)c2o1)C(C)C. The maximum absolute atomic E-state index is 13.3. The molecule has 0 bridgehead atoms. The van der Waals surface area contributed by atoms with Gasteiger partial charge in [0.05, 0.1) is 10.5 Å². The van der Waals surface area contributed by atoms with E-state index in [2.05, 4.69) is 42.0 Å². The Morgan fingerprint density at radius 3 is 2.67 bits per heavy atom. The Morgan fingerprint density at radius 1 is 1.33 bits per heavy atom. The molecule has 1 N–H and O–H groups in total. The van der Waals surface area contributed by atoms with Gasteiger partial charge in [0.1, 0.15) is 17.2 Å². The molecule has 98 valence electrons. The molecule has 1 unspecified atom stereocenters. The van der Waals surface area contributed by atoms with Gasteiger partial charge in [-0.25, -0.2) is 4.39 Å². The van der Waals surface area contributed by atoms with E-state index in [4.69, 9.17) is 4.42 Å². The Kier molecular flexibility index (Phi) is 4.07. The van der Waals surface area contributed by atoms with Crippen LogP contribution in [0.1, 0.15) is 32.6 Å². The van der Waals surface area contributed by atoms with Crippen molar-refractivity contribution in [1.82, 2.24) is 5.32 Å². The molecule has 1 atom stereocenters. The fraction of sp³-hybridized carbons (Fsp3) is 0.429. The number of furan rings is 1. The van der Waals surface area contributed by atoms with Crippen LogP contribution in [-0.2, 0) is 0 Å². The summed E-state index contributed by atoms with van der Waals surface area (Å²) in [7, 11) is 0. The molecule has 0 saturated heterocycles. The van der Waals surface area contributed by atoms with E-state index in [9.17, 15) is 4.39 Å². The van der Waals surface area contributed by atoms with E-state index in [1.807, 2.05) is 6.07 Å². The van der Waals surface area contributed by atoms with Gasteiger partial charge in [0, 0.05) is 5.39 Å². The molecular formula is C14H17BrFNO. The van der Waals surface area contributed by atoms with E-state index in [1.165, 1.54) is 12.1 Å². The first-order valence-electron chi connectivity index (χ1n) is 6.14. The summed E-state index contributed by atoms with van der Waals surface area (Å²) < 4.78 is 19.8. The molecule has 2 nitrogen and oxygen atoms in total. The molecular weight excluding hydrogens is 297 g/mol. The minimum Gasteiger partial charge on any atom is -0.458 e. The molecule has 1 heterocycles. The van der Waals surface area contributed by atoms with Crippen LogP contribution in [0, 0.1) is 11.7 Å². The number of hydrogen-bond acceptors (Lipinski definition) is 2. The average molecular weight is 314 g/mol. The molecule has 1 aromatic carbocycles. The number of nitrogens with one attached hydrogen (secondary N) is 1. The van der Waals surface area contributed by atoms with Crippen molar-refractivity contribution in [1.29, 1.82) is 0 Å². The maximum Gasteiger partial charge on any atom is 0.148 e. The van der Waals surface area contributed by atoms with Gasteiger partial charge in [0.15, 0.2) is 0 Å². The van der Waals surface area contributed by atoms with Crippen LogP contribution in [0.25, 0.3) is 11.0 Å². The highest BCUT2D eigenvalue weighted by Crippen LogP contribution is 2.32. The van der Waals surface area contributed by atoms with Crippen molar-refractivity contribution in [2.24, 2.45) is 5.92 Å². The van der Waals surface area contributed by atoms with Crippen molar-refractivity contribution in [3.05, 3.63) is 34.2 Å². The predicted molar refractivity (Wildman–Crippen MR) is 75.1 cm³/mol. The molecule has 1 aromatic heterocycles. The first-order chi connectivity index (χ1) is 8.52. The van der Waals surface area contributed by atoms with Crippen molar-refractivity contribution in [3.8, 4) is 0 Å². The third kappa shape index (κ3) is 2.59. The van der Waals surface area contributed by atoms with Crippen LogP contribution in [0.3, 0.4) is 0 Å². The van der Waals surface area contributed by atoms with Crippen molar-refractivity contribution in [3.63, 3.8) is 0 Å². The Morgan fingerprint density at radius 2 is 2.06 bits per heavy atom. The van der Waals surface area contributed by atoms with E-state index in [-0.39, 0.29) is 11.9 Å². The third-order valence-electron chi connectivity index (χ3n) is 2.95. The van der Waals surface area contributed by atoms with Crippen LogP contribution in [0.2, 0.25) is 0 Å². The largest absolute Gasteiger partial charge is 0.458 e. The Labute approximate surface area is 115 Å². The Hall–Kier alpha value is -0.870. The van der Waals surface area contributed by atoms with Crippen LogP contribution in [-0.4, -0.2) is 6.54 Å². The van der Waals surface area contributed by atoms with E-state index >= 15 is 0 Å². The van der Waals surface area contributed by atoms with Crippen molar-refractivity contribution in [2.45, 2.75) is 26.8 Å². The fourth-order valence-electron chi connectivity index (χ4n) is 2.13. The van der Waals surface area contributed by atoms with Crippen LogP contribution in [0.15, 0.2) is 27.1 Å². The molecule has 0 aliphatic rings. The molecule has 2 aromatic rings. The molecule has 0 amide bonds. The fourth-order valence-corrected chi connectivity index (χ4v) is 2.66. The lowest BCUT2D eigenvalue weighted by Gasteiger charge is -2.19. The highest BCUT2D eigenvalue weighted by atomic mass is 79.9. The zero-order valence-corrected chi connectivity index (χ0v) is 12.3. The first-order valence-corrected chi connectivity index (χ1v) is 6.94. The third-order valence-corrected chi connectivity index (χ3v) is 3.54. The molecule has 0 fully saturated rings. The number of fused-ring (bicyclic) bond motifs is 1. The summed E-state index contributed by atoms with van der Waals surface area (Å²) >= 11 is 3.33. The van der Waals surface area contributed by atoms with Gasteiger partial charge in [-0.2, -0.15) is 0 Å². The molecule has 0 radical (unpaired) electrons. The quantitative estimate of drug-likeness (QED) is 0.889. The van der Waals surface area contributed by atoms with Gasteiger partial charge in [-0.05, 0) is 46.6 Å². The zero-order chi connectivity index (χ0) is 13.3. The summed E-state index contributed by atoms with van der Waals surface area (Å²) in [5.74, 6) is 1.01. The number of halogens is 2. The van der Waals surface area contributed by atoms with Gasteiger partial charge in [0.25, 0.3) is 0 Å². The molecule has 0 spiro atoms. The lowest BCUT2D eigenvalue weighted by atomic mass is 10.0. The van der Waals surface area contributed by atoms with Gasteiger partial charge in [-0.15, -0.1) is 0 Å². The van der Waals surface area contributed by atoms with Crippen LogP contribution >= 0.6 is 15.9 Å². The second-order valence-corrected chi connectivity index (χ2v) is 5.59. The van der Waals surface area contributed by atoms with Gasteiger partial charge < -0.3 is 9.73 Å². The maximum atomic E-state index is 13.3. The van der Waals surface area contributed by atoms with Crippen molar-refractivity contribution < 1.29 is 8.81 Å². The molecule has 4 heteroatoms. The van der Waals surface area contributed by atoms with Gasteiger partial charge in [-0.1, -0.05) is 20.8 Å². The summed E-state index contributed by atoms with van der Waals surface area (Å²) in [6, 6.07) is 4.98. The lowest BCUT2D eigenvalue weighted by Crippen LogP contribution is -2.24. The average Bonchev–Trinajstić information content (AvgIpc) is 2.68. The van der Waals surface area contributed by atoms with Crippen LogP contribution < -0.4 is 5.32 Å². The predicted octanol–water partition coefficient (Wildman–Crippen LogP) is 4.64. The summed E-state index contributed by atoms with van der Waals surface area (Å²) in [5, 5.41) is 4.18. The molecule has 2 rings (SSSR count). The van der Waals surface area contributed by atoms with E-state index in [0.717, 1.165) is 17.7 Å².